The van der Waals surface area contributed by atoms with Crippen LogP contribution in [0.1, 0.15) is 90.4 Å². The third-order valence-corrected chi connectivity index (χ3v) is 14.1. The van der Waals surface area contributed by atoms with Gasteiger partial charge in [0.2, 0.25) is 6.54 Å². The number of carbonyl (C=O) groups excluding carboxylic acids is 1. The number of fused-ring (bicyclic) bond motifs is 6. The molecule has 300 valence electrons. The molecule has 0 saturated carbocycles. The number of methoxy groups -OCH3 is 1. The molecular formula is C40H57NO13. The first-order chi connectivity index (χ1) is 26.0. The second-order valence-corrected chi connectivity index (χ2v) is 17.7. The molecule has 0 aromatic carbocycles. The Balaban J connectivity index is 0.989. The highest BCUT2D eigenvalue weighted by atomic mass is 16.8. The fourth-order valence-electron chi connectivity index (χ4n) is 11.4. The molecule has 14 nitrogen and oxygen atoms in total. The lowest BCUT2D eigenvalue weighted by Gasteiger charge is -2.47. The van der Waals surface area contributed by atoms with E-state index in [2.05, 4.69) is 20.1 Å². The van der Waals surface area contributed by atoms with E-state index < -0.39 is 47.8 Å². The number of Topliss-reactive ketones (excluding diaryl/α,β-unsaturated/α-hetero) is 1. The minimum Gasteiger partial charge on any atom is -0.386 e. The zero-order chi connectivity index (χ0) is 37.5. The molecule has 10 fully saturated rings. The van der Waals surface area contributed by atoms with Gasteiger partial charge in [-0.15, -0.1) is 0 Å². The fraction of sp³-hybridized carbons (Fsp3) is 0.875. The summed E-state index contributed by atoms with van der Waals surface area (Å²) < 4.78 is 59.7. The first kappa shape index (κ1) is 37.7. The second-order valence-electron chi connectivity index (χ2n) is 17.7. The van der Waals surface area contributed by atoms with Crippen molar-refractivity contribution in [3.8, 4) is 0 Å². The highest BCUT2D eigenvalue weighted by Gasteiger charge is 2.68. The van der Waals surface area contributed by atoms with Gasteiger partial charge in [-0.25, -0.2) is 0 Å². The molecule has 10 aliphatic rings. The van der Waals surface area contributed by atoms with Crippen LogP contribution in [-0.4, -0.2) is 133 Å². The average molecular weight is 759 g/mol. The molecule has 10 aliphatic heterocycles. The van der Waals surface area contributed by atoms with Crippen molar-refractivity contribution in [2.24, 2.45) is 11.8 Å². The van der Waals surface area contributed by atoms with Crippen LogP contribution in [0.4, 0.5) is 0 Å². The molecule has 0 amide bonds. The smallest absolute Gasteiger partial charge is 0.229 e. The number of aliphatic hydroxyl groups excluding tert-OH is 1. The highest BCUT2D eigenvalue weighted by Crippen LogP contribution is 2.54. The molecular weight excluding hydrogens is 701 g/mol. The molecule has 0 unspecified atom stereocenters. The fourth-order valence-corrected chi connectivity index (χ4v) is 11.4. The van der Waals surface area contributed by atoms with E-state index >= 15 is 0 Å². The van der Waals surface area contributed by atoms with E-state index in [0.29, 0.717) is 25.7 Å². The minimum absolute atomic E-state index is 0.0170. The molecule has 19 atom stereocenters. The molecule has 10 saturated heterocycles. The Labute approximate surface area is 316 Å². The summed E-state index contributed by atoms with van der Waals surface area (Å²) in [5.74, 6) is -0.932. The number of aliphatic hydroxyl groups is 1. The van der Waals surface area contributed by atoms with Crippen LogP contribution in [0.2, 0.25) is 0 Å². The van der Waals surface area contributed by atoms with Crippen LogP contribution in [0.5, 0.6) is 0 Å². The van der Waals surface area contributed by atoms with Crippen molar-refractivity contribution in [2.75, 3.05) is 13.7 Å². The normalized spacial score (nSPS) is 50.8. The average Bonchev–Trinajstić information content (AvgIpc) is 3.79. The summed E-state index contributed by atoms with van der Waals surface area (Å²) in [5, 5.41) is 21.8. The number of hydrogen-bond donors (Lipinski definition) is 1. The Morgan fingerprint density at radius 3 is 2.39 bits per heavy atom. The third-order valence-electron chi connectivity index (χ3n) is 14.1. The van der Waals surface area contributed by atoms with Crippen molar-refractivity contribution >= 4 is 5.78 Å². The summed E-state index contributed by atoms with van der Waals surface area (Å²) >= 11 is 0. The van der Waals surface area contributed by atoms with Crippen LogP contribution in [0.15, 0.2) is 24.3 Å². The van der Waals surface area contributed by atoms with E-state index in [-0.39, 0.29) is 104 Å². The molecule has 1 spiro atoms. The Kier molecular flexibility index (Phi) is 10.4. The zero-order valence-electron chi connectivity index (χ0n) is 31.5. The predicted octanol–water partition coefficient (Wildman–Crippen LogP) is 3.76. The van der Waals surface area contributed by atoms with Gasteiger partial charge in [0.15, 0.2) is 5.79 Å². The van der Waals surface area contributed by atoms with E-state index in [9.17, 15) is 20.0 Å². The van der Waals surface area contributed by atoms with Gasteiger partial charge in [0.1, 0.15) is 42.4 Å². The summed E-state index contributed by atoms with van der Waals surface area (Å²) in [5.41, 5.74) is 2.10. The van der Waals surface area contributed by atoms with Crippen molar-refractivity contribution in [2.45, 2.75) is 194 Å². The van der Waals surface area contributed by atoms with Gasteiger partial charge < -0.3 is 47.7 Å². The summed E-state index contributed by atoms with van der Waals surface area (Å²) in [7, 11) is 1.57. The lowest BCUT2D eigenvalue weighted by Crippen LogP contribution is -2.61. The maximum absolute atomic E-state index is 14.1. The van der Waals surface area contributed by atoms with Gasteiger partial charge in [-0.05, 0) is 62.0 Å². The van der Waals surface area contributed by atoms with Gasteiger partial charge >= 0.3 is 0 Å². The van der Waals surface area contributed by atoms with Crippen LogP contribution < -0.4 is 0 Å². The van der Waals surface area contributed by atoms with E-state index in [1.54, 1.807) is 7.11 Å². The van der Waals surface area contributed by atoms with Crippen molar-refractivity contribution in [3.63, 3.8) is 0 Å². The Bertz CT molecular complexity index is 1480. The number of rotatable bonds is 5. The molecule has 0 aliphatic carbocycles. The van der Waals surface area contributed by atoms with Gasteiger partial charge in [-0.3, -0.25) is 14.9 Å². The maximum Gasteiger partial charge on any atom is 0.229 e. The molecule has 1 N–H and O–H groups in total. The summed E-state index contributed by atoms with van der Waals surface area (Å²) in [6, 6.07) is 0. The molecule has 14 heteroatoms. The number of nitro groups is 1. The predicted molar refractivity (Wildman–Crippen MR) is 189 cm³/mol. The maximum atomic E-state index is 14.1. The lowest BCUT2D eigenvalue weighted by molar-refractivity contribution is -0.491. The monoisotopic (exact) mass is 758 g/mol. The number of ketones is 1. The van der Waals surface area contributed by atoms with Crippen LogP contribution in [0.3, 0.4) is 0 Å². The molecule has 10 heterocycles. The number of hydrogen-bond acceptors (Lipinski definition) is 13. The largest absolute Gasteiger partial charge is 0.386 e. The highest BCUT2D eigenvalue weighted by molar-refractivity contribution is 5.79. The van der Waals surface area contributed by atoms with Crippen LogP contribution in [0.25, 0.3) is 0 Å². The van der Waals surface area contributed by atoms with Crippen LogP contribution >= 0.6 is 0 Å². The van der Waals surface area contributed by atoms with Crippen molar-refractivity contribution in [1.82, 2.24) is 0 Å². The van der Waals surface area contributed by atoms with Crippen LogP contribution in [0, 0.1) is 22.0 Å². The quantitative estimate of drug-likeness (QED) is 0.245. The molecule has 0 radical (unpaired) electrons. The van der Waals surface area contributed by atoms with Gasteiger partial charge in [0, 0.05) is 56.5 Å². The van der Waals surface area contributed by atoms with Gasteiger partial charge in [0.25, 0.3) is 0 Å². The lowest BCUT2D eigenvalue weighted by atomic mass is 9.81. The second kappa shape index (κ2) is 14.8. The topological polar surface area (TPSA) is 164 Å². The molecule has 12 bridgehead atoms. The summed E-state index contributed by atoms with van der Waals surface area (Å²) in [6.07, 6.45) is 2.34. The molecule has 10 rings (SSSR count). The van der Waals surface area contributed by atoms with Crippen molar-refractivity contribution in [3.05, 3.63) is 34.4 Å². The minimum atomic E-state index is -1.21. The number of ether oxygens (including phenoxy) is 9. The van der Waals surface area contributed by atoms with Gasteiger partial charge in [0.05, 0.1) is 61.0 Å². The zero-order valence-corrected chi connectivity index (χ0v) is 31.5. The van der Waals surface area contributed by atoms with Gasteiger partial charge in [-0.1, -0.05) is 20.1 Å². The van der Waals surface area contributed by atoms with E-state index in [1.165, 1.54) is 0 Å². The van der Waals surface area contributed by atoms with Crippen molar-refractivity contribution < 1.29 is 57.5 Å². The number of carbonyl (C=O) groups is 1. The summed E-state index contributed by atoms with van der Waals surface area (Å²) in [6.45, 7) is 10.4. The number of nitrogens with zero attached hydrogens (tertiary/aromatic N) is 1. The van der Waals surface area contributed by atoms with Gasteiger partial charge in [-0.2, -0.15) is 0 Å². The van der Waals surface area contributed by atoms with Crippen molar-refractivity contribution in [1.29, 1.82) is 0 Å². The molecule has 0 aromatic heterocycles. The Morgan fingerprint density at radius 1 is 0.833 bits per heavy atom. The van der Waals surface area contributed by atoms with E-state index in [1.807, 2.05) is 0 Å². The third kappa shape index (κ3) is 7.04. The standard InChI is InChI=1S/C40H57NO13/c1-19-11-24-5-7-28-20(2)12-26(47-28)9-10-40-17-33-36(53-40)37-38(52-33)39(54-40)35-29(51-37)8-6-25(49-35)13-22(42)14-27-31(16-30(48-24)21(19)3)50-32(34(27)46-4)15-23(43)18-41(44)45/h19,23-39,43H,2-3,5-18H2,1,4H3/t19-,23-,24+,25-,26+,27+,28+,29+,30-,31+,32-,33-,34-,35+,36+,37+,38-,39+,40+/m1/s1/i18-1. The Morgan fingerprint density at radius 2 is 1.57 bits per heavy atom. The van der Waals surface area contributed by atoms with Crippen LogP contribution in [-0.2, 0) is 47.4 Å². The molecule has 54 heavy (non-hydrogen) atoms. The van der Waals surface area contributed by atoms with E-state index in [0.717, 1.165) is 49.7 Å². The Hall–Kier alpha value is -1.85. The SMILES string of the molecule is C=C1C[C@@H]2CC[C@@]34C[C@H]5O[C@H]6[C@@H](O3)[C@H]3O[C@H](CC[C@@H]3O[C@H]6[C@H]5O4)CC(=O)C[C@@H]3[C@@H](OC)[C@@H](C[C@@H](O)[11CH2][N+](=O)[O-])O[C@H]3C[C@H]3O[C@@H](CC[C@@H]1O2)C[C@@H](C)C3=C. The molecule has 0 aromatic rings. The van der Waals surface area contributed by atoms with E-state index in [4.69, 9.17) is 42.6 Å². The first-order valence-corrected chi connectivity index (χ1v) is 20.4. The first-order valence-electron chi connectivity index (χ1n) is 20.4. The summed E-state index contributed by atoms with van der Waals surface area (Å²) in [4.78, 5) is 24.8.